The van der Waals surface area contributed by atoms with Gasteiger partial charge in [-0.2, -0.15) is 4.31 Å². The van der Waals surface area contributed by atoms with Crippen LogP contribution in [0.2, 0.25) is 0 Å². The Balaban J connectivity index is 1.91. The van der Waals surface area contributed by atoms with Crippen molar-refractivity contribution in [1.29, 1.82) is 0 Å². The summed E-state index contributed by atoms with van der Waals surface area (Å²) < 4.78 is 26.1. The fourth-order valence-corrected chi connectivity index (χ4v) is 4.78. The van der Waals surface area contributed by atoms with Gasteiger partial charge in [0.25, 0.3) is 0 Å². The van der Waals surface area contributed by atoms with E-state index in [1.54, 1.807) is 4.90 Å². The fraction of sp³-hybridized carbons (Fsp3) is 0.632. The van der Waals surface area contributed by atoms with Gasteiger partial charge in [-0.05, 0) is 17.4 Å². The van der Waals surface area contributed by atoms with Crippen LogP contribution in [-0.4, -0.2) is 55.5 Å². The predicted molar refractivity (Wildman–Crippen MR) is 101 cm³/mol. The van der Waals surface area contributed by atoms with Crippen molar-refractivity contribution in [3.8, 4) is 0 Å². The van der Waals surface area contributed by atoms with Crippen molar-refractivity contribution in [2.75, 3.05) is 31.9 Å². The number of carbonyl (C=O) groups excluding carboxylic acids is 1. The molecule has 0 N–H and O–H groups in total. The average molecular weight is 367 g/mol. The highest BCUT2D eigenvalue weighted by Gasteiger charge is 2.31. The molecule has 0 saturated carbocycles. The molecule has 1 amide bonds. The summed E-state index contributed by atoms with van der Waals surface area (Å²) in [6, 6.07) is 10.0. The van der Waals surface area contributed by atoms with Crippen molar-refractivity contribution < 1.29 is 13.2 Å². The highest BCUT2D eigenvalue weighted by Crippen LogP contribution is 2.27. The largest absolute Gasteiger partial charge is 0.340 e. The molecule has 0 unspecified atom stereocenters. The van der Waals surface area contributed by atoms with Crippen LogP contribution in [0, 0.1) is 0 Å². The van der Waals surface area contributed by atoms with E-state index in [4.69, 9.17) is 0 Å². The van der Waals surface area contributed by atoms with Crippen molar-refractivity contribution in [2.24, 2.45) is 0 Å². The van der Waals surface area contributed by atoms with Crippen LogP contribution < -0.4 is 0 Å². The Morgan fingerprint density at radius 2 is 1.68 bits per heavy atom. The van der Waals surface area contributed by atoms with E-state index < -0.39 is 10.0 Å². The van der Waals surface area contributed by atoms with Gasteiger partial charge in [0.2, 0.25) is 15.9 Å². The Bertz CT molecular complexity index is 663. The van der Waals surface area contributed by atoms with E-state index in [1.165, 1.54) is 4.31 Å². The van der Waals surface area contributed by atoms with Gasteiger partial charge in [-0.25, -0.2) is 8.42 Å². The molecule has 1 aromatic carbocycles. The van der Waals surface area contributed by atoms with Crippen LogP contribution in [0.5, 0.6) is 0 Å². The van der Waals surface area contributed by atoms with E-state index in [2.05, 4.69) is 13.8 Å². The topological polar surface area (TPSA) is 57.7 Å². The van der Waals surface area contributed by atoms with Crippen molar-refractivity contribution in [3.05, 3.63) is 35.9 Å². The molecule has 1 heterocycles. The molecule has 0 aliphatic carbocycles. The number of hydrogen-bond acceptors (Lipinski definition) is 3. The Hall–Kier alpha value is -1.40. The third-order valence-electron chi connectivity index (χ3n) is 4.89. The normalized spacial score (nSPS) is 16.8. The zero-order valence-corrected chi connectivity index (χ0v) is 16.4. The zero-order chi connectivity index (χ0) is 18.5. The number of amides is 1. The lowest BCUT2D eigenvalue weighted by molar-refractivity contribution is -0.133. The lowest BCUT2D eigenvalue weighted by Gasteiger charge is -2.36. The smallest absolute Gasteiger partial charge is 0.223 e. The van der Waals surface area contributed by atoms with Gasteiger partial charge in [0.1, 0.15) is 0 Å². The molecule has 0 spiro atoms. The number of benzene rings is 1. The summed E-state index contributed by atoms with van der Waals surface area (Å²) in [6.07, 6.45) is 1.98. The number of nitrogens with zero attached hydrogens (tertiary/aromatic N) is 2. The molecular formula is C19H30N2O3S. The molecule has 6 heteroatoms. The van der Waals surface area contributed by atoms with Crippen molar-refractivity contribution in [1.82, 2.24) is 9.21 Å². The summed E-state index contributed by atoms with van der Waals surface area (Å²) >= 11 is 0. The molecule has 140 valence electrons. The first-order valence-corrected chi connectivity index (χ1v) is 10.7. The van der Waals surface area contributed by atoms with Crippen LogP contribution in [0.25, 0.3) is 0 Å². The van der Waals surface area contributed by atoms with E-state index >= 15 is 0 Å². The number of carbonyl (C=O) groups is 1. The Morgan fingerprint density at radius 3 is 2.24 bits per heavy atom. The van der Waals surface area contributed by atoms with Gasteiger partial charge in [0.05, 0.1) is 5.75 Å². The minimum Gasteiger partial charge on any atom is -0.340 e. The molecular weight excluding hydrogens is 336 g/mol. The molecule has 0 radical (unpaired) electrons. The van der Waals surface area contributed by atoms with Crippen molar-refractivity contribution >= 4 is 15.9 Å². The highest BCUT2D eigenvalue weighted by atomic mass is 32.2. The second-order valence-electron chi connectivity index (χ2n) is 7.38. The zero-order valence-electron chi connectivity index (χ0n) is 15.6. The van der Waals surface area contributed by atoms with Crippen molar-refractivity contribution in [3.63, 3.8) is 0 Å². The van der Waals surface area contributed by atoms with Crippen LogP contribution >= 0.6 is 0 Å². The minimum absolute atomic E-state index is 0.0967. The van der Waals surface area contributed by atoms with E-state index in [0.29, 0.717) is 39.0 Å². The first kappa shape index (κ1) is 19.9. The predicted octanol–water partition coefficient (Wildman–Crippen LogP) is 2.63. The maximum absolute atomic E-state index is 12.7. The number of rotatable bonds is 7. The minimum atomic E-state index is -3.18. The van der Waals surface area contributed by atoms with Crippen LogP contribution in [0.1, 0.15) is 45.6 Å². The molecule has 2 rings (SSSR count). The Morgan fingerprint density at radius 1 is 1.08 bits per heavy atom. The lowest BCUT2D eigenvalue weighted by Crippen LogP contribution is -2.51. The molecule has 1 fully saturated rings. The van der Waals surface area contributed by atoms with Crippen LogP contribution in [0.4, 0.5) is 0 Å². The molecule has 0 bridgehead atoms. The molecule has 0 aromatic heterocycles. The molecule has 1 aliphatic heterocycles. The summed E-state index contributed by atoms with van der Waals surface area (Å²) in [4.78, 5) is 14.5. The lowest BCUT2D eigenvalue weighted by atomic mass is 9.81. The van der Waals surface area contributed by atoms with E-state index in [1.807, 2.05) is 37.3 Å². The standard InChI is InChI=1S/C19H30N2O3S/c1-4-5-15-25(23,24)21-13-11-20(12-14-21)18(22)16-19(2,3)17-9-7-6-8-10-17/h6-10H,4-5,11-16H2,1-3H3. The SMILES string of the molecule is CCCCS(=O)(=O)N1CCN(C(=O)CC(C)(C)c2ccccc2)CC1. The van der Waals surface area contributed by atoms with Gasteiger partial charge in [-0.15, -0.1) is 0 Å². The molecule has 1 aromatic rings. The summed E-state index contributed by atoms with van der Waals surface area (Å²) in [5.74, 6) is 0.304. The molecule has 25 heavy (non-hydrogen) atoms. The van der Waals surface area contributed by atoms with Gasteiger partial charge in [0.15, 0.2) is 0 Å². The third kappa shape index (κ3) is 5.28. The van der Waals surface area contributed by atoms with Crippen LogP contribution in [-0.2, 0) is 20.2 Å². The second kappa shape index (κ2) is 8.32. The summed E-state index contributed by atoms with van der Waals surface area (Å²) in [5, 5.41) is 0. The van der Waals surface area contributed by atoms with Crippen molar-refractivity contribution in [2.45, 2.75) is 45.4 Å². The van der Waals surface area contributed by atoms with Gasteiger partial charge >= 0.3 is 0 Å². The first-order valence-electron chi connectivity index (χ1n) is 9.07. The quantitative estimate of drug-likeness (QED) is 0.745. The summed E-state index contributed by atoms with van der Waals surface area (Å²) in [5.41, 5.74) is 0.909. The second-order valence-corrected chi connectivity index (χ2v) is 9.46. The van der Waals surface area contributed by atoms with Gasteiger partial charge in [-0.3, -0.25) is 4.79 Å². The molecule has 5 nitrogen and oxygen atoms in total. The van der Waals surface area contributed by atoms with E-state index in [0.717, 1.165) is 12.0 Å². The Labute approximate surface area is 152 Å². The monoisotopic (exact) mass is 366 g/mol. The van der Waals surface area contributed by atoms with Crippen LogP contribution in [0.15, 0.2) is 30.3 Å². The average Bonchev–Trinajstić information content (AvgIpc) is 2.60. The number of unbranched alkanes of at least 4 members (excludes halogenated alkanes) is 1. The number of sulfonamides is 1. The molecule has 1 aliphatic rings. The van der Waals surface area contributed by atoms with Gasteiger partial charge in [0, 0.05) is 32.6 Å². The maximum atomic E-state index is 12.7. The van der Waals surface area contributed by atoms with Crippen LogP contribution in [0.3, 0.4) is 0 Å². The maximum Gasteiger partial charge on any atom is 0.223 e. The molecule has 0 atom stereocenters. The van der Waals surface area contributed by atoms with Gasteiger partial charge in [-0.1, -0.05) is 57.5 Å². The third-order valence-corrected chi connectivity index (χ3v) is 6.85. The molecule has 1 saturated heterocycles. The van der Waals surface area contributed by atoms with E-state index in [-0.39, 0.29) is 17.1 Å². The first-order chi connectivity index (χ1) is 11.8. The highest BCUT2D eigenvalue weighted by molar-refractivity contribution is 7.89. The van der Waals surface area contributed by atoms with Gasteiger partial charge < -0.3 is 4.90 Å². The number of hydrogen-bond donors (Lipinski definition) is 0. The fourth-order valence-electron chi connectivity index (χ4n) is 3.15. The Kier molecular flexibility index (Phi) is 6.63. The number of piperazine rings is 1. The van der Waals surface area contributed by atoms with E-state index in [9.17, 15) is 13.2 Å². The summed E-state index contributed by atoms with van der Waals surface area (Å²) in [7, 11) is -3.18. The summed E-state index contributed by atoms with van der Waals surface area (Å²) in [6.45, 7) is 7.91.